The number of halogens is 1. The number of anilines is 1. The maximum atomic E-state index is 8.49. The van der Waals surface area contributed by atoms with Gasteiger partial charge in [-0.3, -0.25) is 10.3 Å². The van der Waals surface area contributed by atoms with Crippen molar-refractivity contribution in [2.45, 2.75) is 6.92 Å². The van der Waals surface area contributed by atoms with Crippen molar-refractivity contribution in [2.24, 2.45) is 4.99 Å². The second kappa shape index (κ2) is 7.18. The molecule has 0 spiro atoms. The van der Waals surface area contributed by atoms with E-state index >= 15 is 0 Å². The van der Waals surface area contributed by atoms with E-state index in [1.165, 1.54) is 11.5 Å². The van der Waals surface area contributed by atoms with Crippen molar-refractivity contribution in [2.75, 3.05) is 32.1 Å². The van der Waals surface area contributed by atoms with Crippen molar-refractivity contribution in [3.8, 4) is 6.19 Å². The number of guanidine groups is 1. The van der Waals surface area contributed by atoms with Crippen LogP contribution in [0.15, 0.2) is 9.47 Å². The zero-order valence-electron chi connectivity index (χ0n) is 10.5. The van der Waals surface area contributed by atoms with Crippen LogP contribution in [-0.4, -0.2) is 37.5 Å². The summed E-state index contributed by atoms with van der Waals surface area (Å²) in [6.07, 6.45) is 1.83. The molecule has 1 heterocycles. The van der Waals surface area contributed by atoms with E-state index in [-0.39, 0.29) is 0 Å². The third-order valence-corrected chi connectivity index (χ3v) is 4.52. The van der Waals surface area contributed by atoms with Crippen molar-refractivity contribution in [3.05, 3.63) is 10.2 Å². The average Bonchev–Trinajstić information content (AvgIpc) is 2.69. The zero-order valence-corrected chi connectivity index (χ0v) is 12.9. The van der Waals surface area contributed by atoms with Crippen LogP contribution in [0.25, 0.3) is 0 Å². The van der Waals surface area contributed by atoms with Crippen molar-refractivity contribution in [3.63, 3.8) is 0 Å². The third-order valence-electron chi connectivity index (χ3n) is 2.26. The Bertz CT molecular complexity index is 463. The first-order valence-electron chi connectivity index (χ1n) is 5.28. The van der Waals surface area contributed by atoms with Crippen LogP contribution < -0.4 is 15.5 Å². The van der Waals surface area contributed by atoms with Gasteiger partial charge in [-0.1, -0.05) is 0 Å². The summed E-state index contributed by atoms with van der Waals surface area (Å²) in [6, 6.07) is 0. The predicted molar refractivity (Wildman–Crippen MR) is 77.9 cm³/mol. The Hall–Kier alpha value is -1.33. The number of aryl methyl sites for hydroxylation is 1. The number of rotatable bonds is 4. The summed E-state index contributed by atoms with van der Waals surface area (Å²) >= 11 is 4.98. The second-order valence-corrected chi connectivity index (χ2v) is 5.09. The number of hydrogen-bond acceptors (Lipinski definition) is 5. The van der Waals surface area contributed by atoms with Gasteiger partial charge in [0.25, 0.3) is 0 Å². The van der Waals surface area contributed by atoms with Gasteiger partial charge in [-0.05, 0) is 34.4 Å². The van der Waals surface area contributed by atoms with Crippen LogP contribution in [-0.2, 0) is 0 Å². The number of aromatic nitrogens is 1. The molecule has 2 N–H and O–H groups in total. The Kier molecular flexibility index (Phi) is 5.88. The molecule has 0 fully saturated rings. The summed E-state index contributed by atoms with van der Waals surface area (Å²) < 4.78 is 5.32. The van der Waals surface area contributed by atoms with Gasteiger partial charge in [0.15, 0.2) is 6.19 Å². The fraction of sp³-hybridized carbons (Fsp3) is 0.500. The summed E-state index contributed by atoms with van der Waals surface area (Å²) in [5.74, 6) is 0.477. The van der Waals surface area contributed by atoms with Gasteiger partial charge < -0.3 is 10.2 Å². The number of nitriles is 1. The molecule has 0 aliphatic carbocycles. The Morgan fingerprint density at radius 2 is 2.39 bits per heavy atom. The number of nitrogens with one attached hydrogen (secondary N) is 2. The highest BCUT2D eigenvalue weighted by Crippen LogP contribution is 2.32. The monoisotopic (exact) mass is 330 g/mol. The Labute approximate surface area is 119 Å². The van der Waals surface area contributed by atoms with E-state index in [1.807, 2.05) is 20.2 Å². The molecule has 0 saturated heterocycles. The molecule has 0 aliphatic heterocycles. The molecule has 8 heteroatoms. The second-order valence-electron chi connectivity index (χ2n) is 3.54. The van der Waals surface area contributed by atoms with Gasteiger partial charge in [-0.2, -0.15) is 9.64 Å². The molecule has 6 nitrogen and oxygen atoms in total. The highest BCUT2D eigenvalue weighted by atomic mass is 79.9. The van der Waals surface area contributed by atoms with Crippen molar-refractivity contribution < 1.29 is 0 Å². The minimum absolute atomic E-state index is 0.477. The molecule has 0 saturated carbocycles. The molecule has 0 bridgehead atoms. The molecule has 0 amide bonds. The lowest BCUT2D eigenvalue weighted by molar-refractivity contribution is 0.811. The third kappa shape index (κ3) is 3.85. The van der Waals surface area contributed by atoms with E-state index in [9.17, 15) is 0 Å². The van der Waals surface area contributed by atoms with E-state index in [1.54, 1.807) is 7.05 Å². The van der Waals surface area contributed by atoms with Crippen LogP contribution in [0.4, 0.5) is 5.00 Å². The molecular formula is C10H15BrN6S. The van der Waals surface area contributed by atoms with E-state index in [2.05, 4.69) is 40.8 Å². The van der Waals surface area contributed by atoms with Crippen molar-refractivity contribution in [1.82, 2.24) is 15.0 Å². The number of hydrogen-bond donors (Lipinski definition) is 2. The topological polar surface area (TPSA) is 76.3 Å². The van der Waals surface area contributed by atoms with Gasteiger partial charge in [-0.15, -0.1) is 0 Å². The molecule has 1 aromatic heterocycles. The van der Waals surface area contributed by atoms with E-state index < -0.39 is 0 Å². The molecule has 0 radical (unpaired) electrons. The van der Waals surface area contributed by atoms with Gasteiger partial charge >= 0.3 is 0 Å². The average molecular weight is 331 g/mol. The maximum Gasteiger partial charge on any atom is 0.204 e. The minimum atomic E-state index is 0.477. The first-order chi connectivity index (χ1) is 8.60. The molecule has 98 valence electrons. The number of aliphatic imine (C=N–C) groups is 1. The largest absolute Gasteiger partial charge is 0.363 e. The van der Waals surface area contributed by atoms with Crippen LogP contribution >= 0.6 is 27.5 Å². The smallest absolute Gasteiger partial charge is 0.204 e. The normalized spacial score (nSPS) is 10.9. The Morgan fingerprint density at radius 3 is 2.89 bits per heavy atom. The highest BCUT2D eigenvalue weighted by molar-refractivity contribution is 9.10. The van der Waals surface area contributed by atoms with Crippen molar-refractivity contribution in [1.29, 1.82) is 5.26 Å². The summed E-state index contributed by atoms with van der Waals surface area (Å²) in [7, 11) is 3.62. The zero-order chi connectivity index (χ0) is 13.5. The van der Waals surface area contributed by atoms with Gasteiger partial charge in [0.2, 0.25) is 5.96 Å². The lowest BCUT2D eigenvalue weighted by Gasteiger charge is -2.18. The summed E-state index contributed by atoms with van der Waals surface area (Å²) in [5, 5.41) is 15.1. The highest BCUT2D eigenvalue weighted by Gasteiger charge is 2.11. The van der Waals surface area contributed by atoms with Gasteiger partial charge in [0.1, 0.15) is 5.00 Å². The number of nitrogens with zero attached hydrogens (tertiary/aromatic N) is 4. The quantitative estimate of drug-likeness (QED) is 0.376. The summed E-state index contributed by atoms with van der Waals surface area (Å²) in [6.45, 7) is 3.43. The molecule has 0 aromatic carbocycles. The summed E-state index contributed by atoms with van der Waals surface area (Å²) in [4.78, 5) is 6.00. The molecule has 0 atom stereocenters. The van der Waals surface area contributed by atoms with Crippen LogP contribution in [0.5, 0.6) is 0 Å². The summed E-state index contributed by atoms with van der Waals surface area (Å²) in [5.41, 5.74) is 0.997. The standard InChI is InChI=1S/C10H15BrN6S/c1-7-8(11)9(18-16-7)17(3)5-4-14-10(13-2)15-6-12/h4-5H2,1-3H3,(H2,13,14,15). The van der Waals surface area contributed by atoms with E-state index in [4.69, 9.17) is 5.26 Å². The lowest BCUT2D eigenvalue weighted by Crippen LogP contribution is -2.38. The van der Waals surface area contributed by atoms with Gasteiger partial charge in [0.05, 0.1) is 10.2 Å². The fourth-order valence-electron chi connectivity index (χ4n) is 1.26. The minimum Gasteiger partial charge on any atom is -0.363 e. The molecular weight excluding hydrogens is 316 g/mol. The van der Waals surface area contributed by atoms with Crippen LogP contribution in [0.3, 0.4) is 0 Å². The van der Waals surface area contributed by atoms with Crippen LogP contribution in [0.2, 0.25) is 0 Å². The Morgan fingerprint density at radius 1 is 1.67 bits per heavy atom. The molecule has 1 rings (SSSR count). The fourth-order valence-corrected chi connectivity index (χ4v) is 2.76. The van der Waals surface area contributed by atoms with E-state index in [0.717, 1.165) is 21.7 Å². The predicted octanol–water partition coefficient (Wildman–Crippen LogP) is 1.30. The molecule has 1 aromatic rings. The first kappa shape index (κ1) is 14.7. The molecule has 0 unspecified atom stereocenters. The first-order valence-corrected chi connectivity index (χ1v) is 6.85. The van der Waals surface area contributed by atoms with Crippen LogP contribution in [0, 0.1) is 18.4 Å². The van der Waals surface area contributed by atoms with Gasteiger partial charge in [0, 0.05) is 27.2 Å². The molecule has 0 aliphatic rings. The lowest BCUT2D eigenvalue weighted by atomic mass is 10.4. The van der Waals surface area contributed by atoms with Crippen molar-refractivity contribution >= 4 is 38.4 Å². The SMILES string of the molecule is CN=C(NC#N)NCCN(C)c1snc(C)c1Br. The molecule has 18 heavy (non-hydrogen) atoms. The van der Waals surface area contributed by atoms with E-state index in [0.29, 0.717) is 12.5 Å². The number of likely N-dealkylation sites (N-methyl/N-ethyl adjacent to an activating group) is 1. The van der Waals surface area contributed by atoms with Gasteiger partial charge in [-0.25, -0.2) is 0 Å². The van der Waals surface area contributed by atoms with Crippen LogP contribution in [0.1, 0.15) is 5.69 Å². The maximum absolute atomic E-state index is 8.49. The Balaban J connectivity index is 2.45.